The van der Waals surface area contributed by atoms with Crippen LogP contribution >= 0.6 is 11.8 Å². The Labute approximate surface area is 216 Å². The number of para-hydroxylation sites is 1. The summed E-state index contributed by atoms with van der Waals surface area (Å²) in [5, 5.41) is 30.6. The van der Waals surface area contributed by atoms with Gasteiger partial charge in [0.25, 0.3) is 0 Å². The molecule has 5 amide bonds. The molecule has 4 unspecified atom stereocenters. The number of amides is 5. The number of carbonyl (C=O) groups is 6. The summed E-state index contributed by atoms with van der Waals surface area (Å²) < 4.78 is 0. The molecule has 0 spiro atoms. The van der Waals surface area contributed by atoms with E-state index in [1.54, 1.807) is 12.1 Å². The SMILES string of the molecule is CN[C@H]1CSC(C(=O)O)c2ccccc2NC(=O)C(CC(N)=O)NC(=O)C(C)NC(=O)C(CO)NC1=O. The Morgan fingerprint density at radius 2 is 1.68 bits per heavy atom. The predicted molar refractivity (Wildman–Crippen MR) is 133 cm³/mol. The maximum atomic E-state index is 13.0. The van der Waals surface area contributed by atoms with Gasteiger partial charge in [0.2, 0.25) is 29.5 Å². The van der Waals surface area contributed by atoms with Gasteiger partial charge < -0.3 is 42.5 Å². The third kappa shape index (κ3) is 8.16. The molecule has 202 valence electrons. The number of hydrogen-bond donors (Lipinski definition) is 8. The third-order valence-electron chi connectivity index (χ3n) is 5.43. The van der Waals surface area contributed by atoms with Gasteiger partial charge in [0, 0.05) is 11.4 Å². The van der Waals surface area contributed by atoms with Gasteiger partial charge in [-0.15, -0.1) is 11.8 Å². The lowest BCUT2D eigenvalue weighted by atomic mass is 10.1. The molecule has 37 heavy (non-hydrogen) atoms. The summed E-state index contributed by atoms with van der Waals surface area (Å²) in [6.07, 6.45) is -0.573. The van der Waals surface area contributed by atoms with Gasteiger partial charge in [0.15, 0.2) is 0 Å². The number of rotatable bonds is 5. The Hall–Kier alpha value is -3.69. The maximum Gasteiger partial charge on any atom is 0.321 e. The lowest BCUT2D eigenvalue weighted by Crippen LogP contribution is -2.58. The second-order valence-corrected chi connectivity index (χ2v) is 9.31. The van der Waals surface area contributed by atoms with Crippen LogP contribution in [-0.2, 0) is 28.8 Å². The normalized spacial score (nSPS) is 26.0. The van der Waals surface area contributed by atoms with E-state index in [-0.39, 0.29) is 17.0 Å². The number of carboxylic acid groups (broad SMARTS) is 1. The summed E-state index contributed by atoms with van der Waals surface area (Å²) in [7, 11) is 1.47. The van der Waals surface area contributed by atoms with Gasteiger partial charge in [-0.25, -0.2) is 0 Å². The van der Waals surface area contributed by atoms with E-state index in [4.69, 9.17) is 5.73 Å². The first-order valence-corrected chi connectivity index (χ1v) is 12.2. The highest BCUT2D eigenvalue weighted by molar-refractivity contribution is 8.00. The summed E-state index contributed by atoms with van der Waals surface area (Å²) in [6, 6.07) is 1.04. The van der Waals surface area contributed by atoms with Crippen molar-refractivity contribution >= 4 is 53.0 Å². The predicted octanol–water partition coefficient (Wildman–Crippen LogP) is -2.57. The molecule has 1 aromatic rings. The Kier molecular flexibility index (Phi) is 10.8. The standard InChI is InChI=1S/C22H30N6O8S/c1-10-18(31)27-13(7-16(23)30)19(32)26-12-6-4-3-5-11(12)17(22(35)36)37-9-15(24-2)21(34)28-14(8-29)20(33)25-10/h3-6,10,13-15,17,24,29H,7-9H2,1-2H3,(H2,23,30)(H,25,33)(H,26,32)(H,27,31)(H,28,34)(H,35,36)/t10?,13?,14?,15-,17?/m0/s1. The zero-order valence-electron chi connectivity index (χ0n) is 20.1. The molecule has 5 atom stereocenters. The van der Waals surface area contributed by atoms with Crippen molar-refractivity contribution in [3.8, 4) is 0 Å². The minimum Gasteiger partial charge on any atom is -0.480 e. The molecule has 15 heteroatoms. The van der Waals surface area contributed by atoms with E-state index in [1.807, 2.05) is 0 Å². The number of anilines is 1. The minimum absolute atomic E-state index is 0.0535. The Balaban J connectivity index is 2.52. The number of benzene rings is 1. The van der Waals surface area contributed by atoms with Crippen LogP contribution in [0.25, 0.3) is 0 Å². The highest BCUT2D eigenvalue weighted by Crippen LogP contribution is 2.34. The fourth-order valence-corrected chi connectivity index (χ4v) is 4.62. The lowest BCUT2D eigenvalue weighted by molar-refractivity contribution is -0.136. The molecule has 0 bridgehead atoms. The smallest absolute Gasteiger partial charge is 0.321 e. The average molecular weight is 539 g/mol. The van der Waals surface area contributed by atoms with Crippen molar-refractivity contribution < 1.29 is 39.0 Å². The molecule has 0 aliphatic carbocycles. The van der Waals surface area contributed by atoms with E-state index in [0.717, 1.165) is 11.8 Å². The van der Waals surface area contributed by atoms with Crippen LogP contribution in [0.4, 0.5) is 5.69 Å². The van der Waals surface area contributed by atoms with Crippen LogP contribution in [-0.4, -0.2) is 89.3 Å². The highest BCUT2D eigenvalue weighted by Gasteiger charge is 2.32. The Morgan fingerprint density at radius 3 is 2.27 bits per heavy atom. The summed E-state index contributed by atoms with van der Waals surface area (Å²) in [4.78, 5) is 74.8. The van der Waals surface area contributed by atoms with Gasteiger partial charge in [0.05, 0.1) is 19.1 Å². The van der Waals surface area contributed by atoms with Crippen LogP contribution in [0.3, 0.4) is 0 Å². The molecule has 2 rings (SSSR count). The van der Waals surface area contributed by atoms with Gasteiger partial charge >= 0.3 is 5.97 Å². The van der Waals surface area contributed by atoms with Crippen molar-refractivity contribution in [3.63, 3.8) is 0 Å². The third-order valence-corrected chi connectivity index (χ3v) is 6.74. The number of aliphatic hydroxyl groups excluding tert-OH is 1. The molecule has 1 aliphatic rings. The summed E-state index contributed by atoms with van der Waals surface area (Å²) in [5.74, 6) is -5.44. The van der Waals surface area contributed by atoms with Crippen LogP contribution in [0.1, 0.15) is 24.2 Å². The average Bonchev–Trinajstić information content (AvgIpc) is 2.84. The van der Waals surface area contributed by atoms with Crippen LogP contribution in [0.5, 0.6) is 0 Å². The van der Waals surface area contributed by atoms with Gasteiger partial charge in [-0.1, -0.05) is 18.2 Å². The molecule has 1 aliphatic heterocycles. The number of carbonyl (C=O) groups excluding carboxylic acids is 5. The Bertz CT molecular complexity index is 1050. The summed E-state index contributed by atoms with van der Waals surface area (Å²) in [5.41, 5.74) is 5.56. The molecule has 0 aromatic heterocycles. The number of aliphatic hydroxyl groups is 1. The van der Waals surface area contributed by atoms with Crippen molar-refractivity contribution in [2.75, 3.05) is 24.7 Å². The molecule has 0 saturated carbocycles. The van der Waals surface area contributed by atoms with Crippen molar-refractivity contribution in [2.45, 2.75) is 42.8 Å². The van der Waals surface area contributed by atoms with Crippen molar-refractivity contribution in [1.29, 1.82) is 0 Å². The van der Waals surface area contributed by atoms with Crippen LogP contribution in [0.2, 0.25) is 0 Å². The van der Waals surface area contributed by atoms with E-state index in [0.29, 0.717) is 0 Å². The van der Waals surface area contributed by atoms with E-state index >= 15 is 0 Å². The van der Waals surface area contributed by atoms with Gasteiger partial charge in [-0.2, -0.15) is 0 Å². The number of carboxylic acids is 1. The fraction of sp³-hybridized carbons (Fsp3) is 0.455. The fourth-order valence-electron chi connectivity index (χ4n) is 3.39. The molecule has 9 N–H and O–H groups in total. The molecule has 14 nitrogen and oxygen atoms in total. The maximum absolute atomic E-state index is 13.0. The first kappa shape index (κ1) is 29.5. The second kappa shape index (κ2) is 13.6. The van der Waals surface area contributed by atoms with Crippen molar-refractivity contribution in [1.82, 2.24) is 21.3 Å². The van der Waals surface area contributed by atoms with Gasteiger partial charge in [0.1, 0.15) is 23.4 Å². The van der Waals surface area contributed by atoms with Crippen LogP contribution in [0, 0.1) is 0 Å². The van der Waals surface area contributed by atoms with Crippen molar-refractivity contribution in [3.05, 3.63) is 29.8 Å². The topological polar surface area (TPSA) is 229 Å². The number of thioether (sulfide) groups is 1. The van der Waals surface area contributed by atoms with Gasteiger partial charge in [-0.3, -0.25) is 28.8 Å². The van der Waals surface area contributed by atoms with E-state index in [9.17, 15) is 39.0 Å². The number of nitrogens with two attached hydrogens (primary N) is 1. The van der Waals surface area contributed by atoms with E-state index < -0.39 is 78.0 Å². The number of nitrogens with one attached hydrogen (secondary N) is 5. The largest absolute Gasteiger partial charge is 0.480 e. The molecular weight excluding hydrogens is 508 g/mol. The number of likely N-dealkylation sites (N-methyl/N-ethyl adjacent to an activating group) is 1. The molecular formula is C22H30N6O8S. The number of aliphatic carboxylic acids is 1. The minimum atomic E-state index is -1.44. The van der Waals surface area contributed by atoms with Gasteiger partial charge in [-0.05, 0) is 25.6 Å². The van der Waals surface area contributed by atoms with Crippen LogP contribution in [0.15, 0.2) is 24.3 Å². The molecule has 0 saturated heterocycles. The second-order valence-electron chi connectivity index (χ2n) is 8.18. The lowest BCUT2D eigenvalue weighted by Gasteiger charge is -2.23. The van der Waals surface area contributed by atoms with Crippen LogP contribution < -0.4 is 32.3 Å². The van der Waals surface area contributed by atoms with Crippen molar-refractivity contribution in [2.24, 2.45) is 5.73 Å². The zero-order chi connectivity index (χ0) is 27.7. The number of primary amides is 1. The first-order chi connectivity index (χ1) is 17.5. The molecule has 0 radical (unpaired) electrons. The first-order valence-electron chi connectivity index (χ1n) is 11.2. The van der Waals surface area contributed by atoms with E-state index in [1.165, 1.54) is 26.1 Å². The summed E-state index contributed by atoms with van der Waals surface area (Å²) in [6.45, 7) is 0.518. The number of hydrogen-bond acceptors (Lipinski definition) is 9. The van der Waals surface area contributed by atoms with E-state index in [2.05, 4.69) is 26.6 Å². The molecule has 1 heterocycles. The number of fused-ring (bicyclic) bond motifs is 1. The Morgan fingerprint density at radius 1 is 1.03 bits per heavy atom. The quantitative estimate of drug-likeness (QED) is 0.195. The highest BCUT2D eigenvalue weighted by atomic mass is 32.2. The monoisotopic (exact) mass is 538 g/mol. The molecule has 0 fully saturated rings. The zero-order valence-corrected chi connectivity index (χ0v) is 21.0. The molecule has 1 aromatic carbocycles. The summed E-state index contributed by atoms with van der Waals surface area (Å²) >= 11 is 0.891.